The Bertz CT molecular complexity index is 969. The smallest absolute Gasteiger partial charge is 0.238 e. The van der Waals surface area contributed by atoms with Gasteiger partial charge >= 0.3 is 0 Å². The summed E-state index contributed by atoms with van der Waals surface area (Å²) in [6.45, 7) is 1.29. The van der Waals surface area contributed by atoms with E-state index in [0.29, 0.717) is 24.8 Å². The fourth-order valence-electron chi connectivity index (χ4n) is 3.22. The third kappa shape index (κ3) is 3.45. The fraction of sp³-hybridized carbons (Fsp3) is 0.353. The number of aromatic amines is 1. The Morgan fingerprint density at radius 1 is 1.33 bits per heavy atom. The van der Waals surface area contributed by atoms with Gasteiger partial charge in [-0.1, -0.05) is 0 Å². The van der Waals surface area contributed by atoms with Gasteiger partial charge in [-0.25, -0.2) is 13.9 Å². The van der Waals surface area contributed by atoms with Crippen molar-refractivity contribution in [2.24, 2.45) is 0 Å². The first-order chi connectivity index (χ1) is 13.2. The minimum atomic E-state index is -1.25. The Morgan fingerprint density at radius 2 is 2.19 bits per heavy atom. The molecule has 142 valence electrons. The summed E-state index contributed by atoms with van der Waals surface area (Å²) in [6, 6.07) is 1.84. The lowest BCUT2D eigenvalue weighted by atomic mass is 10.1. The number of nitrogens with zero attached hydrogens (tertiary/aromatic N) is 4. The van der Waals surface area contributed by atoms with Gasteiger partial charge in [-0.3, -0.25) is 5.10 Å². The Morgan fingerprint density at radius 3 is 2.93 bits per heavy atom. The second kappa shape index (κ2) is 7.49. The highest BCUT2D eigenvalue weighted by atomic mass is 32.2. The molecule has 0 amide bonds. The molecule has 4 heterocycles. The highest BCUT2D eigenvalue weighted by Crippen LogP contribution is 2.31. The third-order valence-electron chi connectivity index (χ3n) is 4.37. The molecule has 1 atom stereocenters. The van der Waals surface area contributed by atoms with E-state index in [1.54, 1.807) is 18.6 Å². The number of hydrogen-bond donors (Lipinski definition) is 2. The van der Waals surface area contributed by atoms with Crippen molar-refractivity contribution in [3.05, 3.63) is 35.9 Å². The second-order valence-electron chi connectivity index (χ2n) is 6.09. The van der Waals surface area contributed by atoms with Crippen molar-refractivity contribution >= 4 is 16.7 Å². The summed E-state index contributed by atoms with van der Waals surface area (Å²) in [4.78, 5) is 4.34. The first kappa shape index (κ1) is 17.7. The minimum Gasteiger partial charge on any atom is -0.479 e. The molecule has 1 unspecified atom stereocenters. The molecule has 0 saturated heterocycles. The number of rotatable bonds is 5. The van der Waals surface area contributed by atoms with Crippen LogP contribution in [-0.2, 0) is 28.6 Å². The molecule has 10 heteroatoms. The van der Waals surface area contributed by atoms with Crippen molar-refractivity contribution in [3.63, 3.8) is 0 Å². The Balaban J connectivity index is 1.85. The van der Waals surface area contributed by atoms with E-state index in [-0.39, 0.29) is 0 Å². The molecular weight excluding hydrogens is 368 g/mol. The molecule has 0 radical (unpaired) electrons. The number of methoxy groups -OCH3 is 1. The number of H-pyrrole nitrogens is 1. The van der Waals surface area contributed by atoms with Crippen LogP contribution in [0.25, 0.3) is 16.9 Å². The van der Waals surface area contributed by atoms with Crippen LogP contribution < -0.4 is 9.46 Å². The topological polar surface area (TPSA) is 107 Å². The largest absolute Gasteiger partial charge is 0.479 e. The fourth-order valence-corrected chi connectivity index (χ4v) is 3.68. The maximum absolute atomic E-state index is 11.6. The average Bonchev–Trinajstić information content (AvgIpc) is 3.23. The number of ether oxygens (including phenoxy) is 2. The predicted molar refractivity (Wildman–Crippen MR) is 101 cm³/mol. The van der Waals surface area contributed by atoms with E-state index in [2.05, 4.69) is 19.9 Å². The molecule has 0 spiro atoms. The van der Waals surface area contributed by atoms with Crippen LogP contribution in [0.2, 0.25) is 0 Å². The van der Waals surface area contributed by atoms with Crippen LogP contribution in [0.5, 0.6) is 5.88 Å². The first-order valence-electron chi connectivity index (χ1n) is 8.49. The maximum Gasteiger partial charge on any atom is 0.238 e. The molecule has 0 fully saturated rings. The van der Waals surface area contributed by atoms with Crippen molar-refractivity contribution in [1.29, 1.82) is 0 Å². The lowest BCUT2D eigenvalue weighted by molar-refractivity contribution is 0.145. The van der Waals surface area contributed by atoms with Gasteiger partial charge in [0.1, 0.15) is 16.7 Å². The van der Waals surface area contributed by atoms with Crippen LogP contribution in [0.4, 0.5) is 5.69 Å². The monoisotopic (exact) mass is 388 g/mol. The summed E-state index contributed by atoms with van der Waals surface area (Å²) >= 11 is 0. The van der Waals surface area contributed by atoms with Gasteiger partial charge in [0.15, 0.2) is 0 Å². The first-order valence-corrected chi connectivity index (χ1v) is 10.1. The summed E-state index contributed by atoms with van der Waals surface area (Å²) < 4.78 is 27.3. The van der Waals surface area contributed by atoms with Gasteiger partial charge in [0.2, 0.25) is 5.88 Å². The van der Waals surface area contributed by atoms with E-state index in [1.165, 1.54) is 7.11 Å². The number of anilines is 1. The molecule has 1 aliphatic rings. The normalized spacial score (nSPS) is 15.0. The van der Waals surface area contributed by atoms with Crippen LogP contribution in [-0.4, -0.2) is 55.8 Å². The van der Waals surface area contributed by atoms with Crippen LogP contribution in [0.1, 0.15) is 11.3 Å². The van der Waals surface area contributed by atoms with Crippen molar-refractivity contribution in [1.82, 2.24) is 25.0 Å². The molecule has 1 aliphatic heterocycles. The Hall–Kier alpha value is -2.72. The zero-order chi connectivity index (χ0) is 18.8. The van der Waals surface area contributed by atoms with E-state index in [9.17, 15) is 4.21 Å². The number of hydrogen-bond acceptors (Lipinski definition) is 6. The molecule has 3 aromatic rings. The van der Waals surface area contributed by atoms with Gasteiger partial charge in [-0.15, -0.1) is 0 Å². The minimum absolute atomic E-state index is 0.380. The Labute approximate surface area is 158 Å². The van der Waals surface area contributed by atoms with Crippen LogP contribution in [0.15, 0.2) is 24.7 Å². The molecule has 0 saturated carbocycles. The van der Waals surface area contributed by atoms with Crippen molar-refractivity contribution < 1.29 is 13.7 Å². The third-order valence-corrected chi connectivity index (χ3v) is 4.88. The standard InChI is InChI=1S/C17H20N6O3S/c1-25-17-14(22-27(2)24)7-12(10-18-17)23-15-4-6-26-5-3-13(15)16(21-23)11-8-19-20-9-11/h7-10,22H,3-6H2,1-2H3,(H,19,20). The average molecular weight is 388 g/mol. The van der Waals surface area contributed by atoms with E-state index in [0.717, 1.165) is 41.0 Å². The quantitative estimate of drug-likeness (QED) is 0.686. The maximum atomic E-state index is 11.6. The summed E-state index contributed by atoms with van der Waals surface area (Å²) in [5.41, 5.74) is 5.36. The number of aromatic nitrogens is 5. The molecule has 0 bridgehead atoms. The highest BCUT2D eigenvalue weighted by molar-refractivity contribution is 7.85. The van der Waals surface area contributed by atoms with Crippen molar-refractivity contribution in [2.45, 2.75) is 12.8 Å². The number of fused-ring (bicyclic) bond motifs is 1. The molecule has 0 aromatic carbocycles. The number of nitrogens with one attached hydrogen (secondary N) is 2. The molecular formula is C17H20N6O3S. The predicted octanol–water partition coefficient (Wildman–Crippen LogP) is 1.49. The summed E-state index contributed by atoms with van der Waals surface area (Å²) in [6.07, 6.45) is 8.37. The number of pyridine rings is 1. The van der Waals surface area contributed by atoms with Crippen molar-refractivity contribution in [2.75, 3.05) is 31.3 Å². The zero-order valence-electron chi connectivity index (χ0n) is 15.1. The second-order valence-corrected chi connectivity index (χ2v) is 7.20. The molecule has 2 N–H and O–H groups in total. The van der Waals surface area contributed by atoms with Gasteiger partial charge < -0.3 is 14.2 Å². The van der Waals surface area contributed by atoms with E-state index in [1.807, 2.05) is 16.9 Å². The van der Waals surface area contributed by atoms with E-state index < -0.39 is 11.0 Å². The molecule has 0 aliphatic carbocycles. The molecule has 3 aromatic heterocycles. The highest BCUT2D eigenvalue weighted by Gasteiger charge is 2.23. The summed E-state index contributed by atoms with van der Waals surface area (Å²) in [5.74, 6) is 0.380. The van der Waals surface area contributed by atoms with E-state index in [4.69, 9.17) is 14.6 Å². The van der Waals surface area contributed by atoms with Crippen LogP contribution in [0.3, 0.4) is 0 Å². The summed E-state index contributed by atoms with van der Waals surface area (Å²) in [7, 11) is 0.279. The van der Waals surface area contributed by atoms with Gasteiger partial charge in [0.25, 0.3) is 0 Å². The van der Waals surface area contributed by atoms with E-state index >= 15 is 0 Å². The van der Waals surface area contributed by atoms with Gasteiger partial charge in [0.05, 0.1) is 49.8 Å². The Kier molecular flexibility index (Phi) is 4.90. The van der Waals surface area contributed by atoms with Gasteiger partial charge in [0, 0.05) is 30.0 Å². The van der Waals surface area contributed by atoms with Gasteiger partial charge in [-0.05, 0) is 12.5 Å². The lowest BCUT2D eigenvalue weighted by Crippen LogP contribution is -2.09. The lowest BCUT2D eigenvalue weighted by Gasteiger charge is -2.12. The molecule has 4 rings (SSSR count). The molecule has 27 heavy (non-hydrogen) atoms. The van der Waals surface area contributed by atoms with Crippen LogP contribution in [0, 0.1) is 0 Å². The van der Waals surface area contributed by atoms with Crippen molar-refractivity contribution in [3.8, 4) is 22.8 Å². The van der Waals surface area contributed by atoms with Gasteiger partial charge in [-0.2, -0.15) is 10.2 Å². The molecule has 9 nitrogen and oxygen atoms in total. The summed E-state index contributed by atoms with van der Waals surface area (Å²) in [5, 5.41) is 11.7. The SMILES string of the molecule is COc1ncc(-n2nc(-c3cn[nH]c3)c3c2CCOCC3)cc1NS(C)=O. The zero-order valence-corrected chi connectivity index (χ0v) is 15.9. The van der Waals surface area contributed by atoms with Crippen LogP contribution >= 0.6 is 0 Å².